The molecule has 12 rings (SSSR count). The maximum Gasteiger partial charge on any atom is 0.260 e. The van der Waals surface area contributed by atoms with Gasteiger partial charge < -0.3 is 14.0 Å². The van der Waals surface area contributed by atoms with E-state index >= 15 is 0 Å². The van der Waals surface area contributed by atoms with Crippen molar-refractivity contribution in [3.63, 3.8) is 0 Å². The molecular weight excluding hydrogens is 733 g/mol. The summed E-state index contributed by atoms with van der Waals surface area (Å²) < 4.78 is 16.3. The zero-order chi connectivity index (χ0) is 38.9. The lowest BCUT2D eigenvalue weighted by Gasteiger charge is -2.37. The van der Waals surface area contributed by atoms with Gasteiger partial charge in [-0.15, -0.1) is 0 Å². The lowest BCUT2D eigenvalue weighted by molar-refractivity contribution is 0.465. The van der Waals surface area contributed by atoms with Gasteiger partial charge in [-0.1, -0.05) is 182 Å². The Bertz CT molecular complexity index is 3010. The van der Waals surface area contributed by atoms with Crippen LogP contribution in [0.3, 0.4) is 0 Å². The molecule has 0 unspecified atom stereocenters. The van der Waals surface area contributed by atoms with Crippen LogP contribution in [0.15, 0.2) is 218 Å². The number of benzene rings is 9. The van der Waals surface area contributed by atoms with Gasteiger partial charge in [-0.05, 0) is 73.6 Å². The van der Waals surface area contributed by atoms with E-state index in [1.165, 1.54) is 31.5 Å². The molecule has 0 radical (unpaired) electrons. The molecule has 5 heteroatoms. The second kappa shape index (κ2) is 13.4. The second-order valence-electron chi connectivity index (χ2n) is 15.5. The molecule has 3 heterocycles. The summed E-state index contributed by atoms with van der Waals surface area (Å²) in [4.78, 5) is 0. The molecule has 1 aromatic heterocycles. The van der Waals surface area contributed by atoms with Gasteiger partial charge in [0.1, 0.15) is 23.0 Å². The SMILES string of the molecule is c1ccc([Si](c2ccccc2)(c2ccccc2)c2cccc(-c3cc4c5c(c3)Oc3ccccc3B5c3ccccc3O4)c2-n2c3ccccc3c3ccccc32)cc1. The fourth-order valence-corrected chi connectivity index (χ4v) is 15.0. The fourth-order valence-electron chi connectivity index (χ4n) is 10.1. The zero-order valence-corrected chi connectivity index (χ0v) is 33.1. The summed E-state index contributed by atoms with van der Waals surface area (Å²) in [5.41, 5.74) is 9.00. The van der Waals surface area contributed by atoms with Crippen molar-refractivity contribution >= 4 is 73.7 Å². The Morgan fingerprint density at radius 3 is 1.34 bits per heavy atom. The summed E-state index contributed by atoms with van der Waals surface area (Å²) in [7, 11) is -3.07. The molecule has 0 bridgehead atoms. The fraction of sp³-hybridized carbons (Fsp3) is 0. The third-order valence-corrected chi connectivity index (χ3v) is 17.3. The number of hydrogen-bond acceptors (Lipinski definition) is 2. The van der Waals surface area contributed by atoms with Gasteiger partial charge in [0.25, 0.3) is 6.71 Å². The molecule has 0 fully saturated rings. The molecule has 2 aliphatic rings. The van der Waals surface area contributed by atoms with Crippen molar-refractivity contribution in [2.45, 2.75) is 0 Å². The van der Waals surface area contributed by atoms with Gasteiger partial charge in [-0.3, -0.25) is 0 Å². The normalized spacial score (nSPS) is 12.6. The van der Waals surface area contributed by atoms with E-state index in [-0.39, 0.29) is 6.71 Å². The smallest absolute Gasteiger partial charge is 0.260 e. The van der Waals surface area contributed by atoms with E-state index in [9.17, 15) is 0 Å². The molecule has 0 aliphatic carbocycles. The Morgan fingerprint density at radius 1 is 0.390 bits per heavy atom. The van der Waals surface area contributed by atoms with Crippen LogP contribution in [-0.4, -0.2) is 19.4 Å². The minimum Gasteiger partial charge on any atom is -0.458 e. The van der Waals surface area contributed by atoms with Gasteiger partial charge in [0.2, 0.25) is 0 Å². The van der Waals surface area contributed by atoms with E-state index in [2.05, 4.69) is 223 Å². The van der Waals surface area contributed by atoms with Crippen LogP contribution in [-0.2, 0) is 0 Å². The van der Waals surface area contributed by atoms with Gasteiger partial charge >= 0.3 is 0 Å². The number of fused-ring (bicyclic) bond motifs is 7. The predicted octanol–water partition coefficient (Wildman–Crippen LogP) is 8.56. The van der Waals surface area contributed by atoms with Crippen molar-refractivity contribution in [1.82, 2.24) is 4.57 Å². The molecule has 0 spiro atoms. The van der Waals surface area contributed by atoms with E-state index in [4.69, 9.17) is 9.47 Å². The molecule has 276 valence electrons. The van der Waals surface area contributed by atoms with Crippen molar-refractivity contribution in [1.29, 1.82) is 0 Å². The first-order valence-corrected chi connectivity index (χ1v) is 22.3. The molecule has 0 atom stereocenters. The number of aromatic nitrogens is 1. The van der Waals surface area contributed by atoms with E-state index in [0.29, 0.717) is 0 Å². The number of ether oxygens (including phenoxy) is 2. The molecule has 0 N–H and O–H groups in total. The molecular formula is C54H36BNO2Si. The quantitative estimate of drug-likeness (QED) is 0.125. The third-order valence-electron chi connectivity index (χ3n) is 12.5. The molecule has 3 nitrogen and oxygen atoms in total. The van der Waals surface area contributed by atoms with Gasteiger partial charge in [0.05, 0.1) is 16.7 Å². The molecule has 0 saturated carbocycles. The van der Waals surface area contributed by atoms with Crippen LogP contribution in [0.5, 0.6) is 23.0 Å². The molecule has 10 aromatic rings. The molecule has 0 saturated heterocycles. The van der Waals surface area contributed by atoms with E-state index in [1.807, 2.05) is 0 Å². The standard InChI is InChI=1S/C54H36BNO2Si/c1-4-19-38(20-5-1)59(39-21-6-2-7-22-39,40-23-8-3-9-24-40)52-34-18-27-41(54(52)56-46-30-14-10-25-42(46)43-26-11-15-31-47(43)56)37-35-50-53-51(36-37)58-49-33-17-13-29-45(49)55(53)44-28-12-16-32-48(44)57-50/h1-36H. The van der Waals surface area contributed by atoms with Crippen LogP contribution < -0.4 is 46.6 Å². The molecule has 9 aromatic carbocycles. The Labute approximate surface area is 344 Å². The van der Waals surface area contributed by atoms with Gasteiger partial charge in [0.15, 0.2) is 8.07 Å². The highest BCUT2D eigenvalue weighted by molar-refractivity contribution is 7.20. The topological polar surface area (TPSA) is 23.4 Å². The Kier molecular flexibility index (Phi) is 7.65. The highest BCUT2D eigenvalue weighted by Crippen LogP contribution is 2.41. The summed E-state index contributed by atoms with van der Waals surface area (Å²) in [5, 5.41) is 7.70. The lowest BCUT2D eigenvalue weighted by atomic mass is 9.35. The highest BCUT2D eigenvalue weighted by Gasteiger charge is 2.45. The monoisotopic (exact) mass is 769 g/mol. The van der Waals surface area contributed by atoms with Crippen molar-refractivity contribution in [2.75, 3.05) is 0 Å². The average Bonchev–Trinajstić information content (AvgIpc) is 3.64. The number of hydrogen-bond donors (Lipinski definition) is 0. The average molecular weight is 770 g/mol. The zero-order valence-electron chi connectivity index (χ0n) is 32.1. The summed E-state index contributed by atoms with van der Waals surface area (Å²) in [5.74, 6) is 3.41. The van der Waals surface area contributed by atoms with E-state index in [0.717, 1.165) is 67.2 Å². The summed E-state index contributed by atoms with van der Waals surface area (Å²) in [6, 6.07) is 79.7. The number of nitrogens with zero attached hydrogens (tertiary/aromatic N) is 1. The molecule has 2 aliphatic heterocycles. The maximum atomic E-state index is 6.90. The Morgan fingerprint density at radius 2 is 0.831 bits per heavy atom. The van der Waals surface area contributed by atoms with Crippen LogP contribution in [0.1, 0.15) is 0 Å². The minimum absolute atomic E-state index is 0.00129. The van der Waals surface area contributed by atoms with E-state index < -0.39 is 8.07 Å². The maximum absolute atomic E-state index is 6.90. The van der Waals surface area contributed by atoms with Crippen LogP contribution in [0.4, 0.5) is 0 Å². The van der Waals surface area contributed by atoms with Crippen molar-refractivity contribution in [3.05, 3.63) is 218 Å². The first-order chi connectivity index (χ1) is 29.3. The van der Waals surface area contributed by atoms with Gasteiger partial charge in [-0.25, -0.2) is 0 Å². The van der Waals surface area contributed by atoms with Crippen LogP contribution in [0.25, 0.3) is 38.6 Å². The first kappa shape index (κ1) is 33.8. The van der Waals surface area contributed by atoms with Crippen LogP contribution in [0.2, 0.25) is 0 Å². The Hall–Kier alpha value is -7.34. The van der Waals surface area contributed by atoms with Crippen molar-refractivity contribution in [3.8, 4) is 39.8 Å². The minimum atomic E-state index is -3.07. The summed E-state index contributed by atoms with van der Waals surface area (Å²) in [6.45, 7) is 0.00129. The largest absolute Gasteiger partial charge is 0.458 e. The van der Waals surface area contributed by atoms with Gasteiger partial charge in [0, 0.05) is 21.8 Å². The third kappa shape index (κ3) is 5.02. The predicted molar refractivity (Wildman–Crippen MR) is 248 cm³/mol. The van der Waals surface area contributed by atoms with Crippen LogP contribution >= 0.6 is 0 Å². The van der Waals surface area contributed by atoms with Crippen LogP contribution in [0, 0.1) is 0 Å². The highest BCUT2D eigenvalue weighted by atomic mass is 28.3. The number of para-hydroxylation sites is 5. The van der Waals surface area contributed by atoms with Gasteiger partial charge in [-0.2, -0.15) is 0 Å². The summed E-state index contributed by atoms with van der Waals surface area (Å²) >= 11 is 0. The Balaban J connectivity index is 1.24. The second-order valence-corrected chi connectivity index (χ2v) is 19.3. The number of rotatable bonds is 6. The molecule has 59 heavy (non-hydrogen) atoms. The summed E-state index contributed by atoms with van der Waals surface area (Å²) in [6.07, 6.45) is 0. The lowest BCUT2D eigenvalue weighted by Crippen LogP contribution is -2.75. The van der Waals surface area contributed by atoms with Crippen molar-refractivity contribution in [2.24, 2.45) is 0 Å². The first-order valence-electron chi connectivity index (χ1n) is 20.3. The molecule has 0 amide bonds. The van der Waals surface area contributed by atoms with E-state index in [1.54, 1.807) is 0 Å². The van der Waals surface area contributed by atoms with Crippen molar-refractivity contribution < 1.29 is 9.47 Å².